The third kappa shape index (κ3) is 5.33. The molecule has 0 spiro atoms. The predicted molar refractivity (Wildman–Crippen MR) is 105 cm³/mol. The van der Waals surface area contributed by atoms with Crippen LogP contribution in [0.3, 0.4) is 0 Å². The van der Waals surface area contributed by atoms with Gasteiger partial charge in [0.1, 0.15) is 12.3 Å². The molecule has 1 aliphatic carbocycles. The van der Waals surface area contributed by atoms with Gasteiger partial charge in [0.15, 0.2) is 0 Å². The molecule has 28 heavy (non-hydrogen) atoms. The zero-order valence-corrected chi connectivity index (χ0v) is 16.7. The standard InChI is InChI=1S/C21H25NO5S/c1-17-9-11-20(12-10-17)28(24,25)22(14-19-8-5-13-26-19)15-21(23)27-16-18-6-3-2-4-7-18/h2-3,5,8-13,18H,4,6-7,14-16H2,1H3. The van der Waals surface area contributed by atoms with Gasteiger partial charge < -0.3 is 9.15 Å². The molecule has 0 aliphatic heterocycles. The largest absolute Gasteiger partial charge is 0.468 e. The van der Waals surface area contributed by atoms with Crippen molar-refractivity contribution in [2.45, 2.75) is 37.6 Å². The van der Waals surface area contributed by atoms with Crippen molar-refractivity contribution in [1.82, 2.24) is 4.31 Å². The summed E-state index contributed by atoms with van der Waals surface area (Å²) in [6.07, 6.45) is 8.52. The van der Waals surface area contributed by atoms with Gasteiger partial charge in [0.05, 0.1) is 24.3 Å². The van der Waals surface area contributed by atoms with E-state index in [-0.39, 0.29) is 18.0 Å². The molecule has 1 aromatic carbocycles. The SMILES string of the molecule is Cc1ccc(S(=O)(=O)N(CC(=O)OCC2CC=CCC2)Cc2ccco2)cc1. The van der Waals surface area contributed by atoms with E-state index in [0.29, 0.717) is 18.3 Å². The number of esters is 1. The average Bonchev–Trinajstić information content (AvgIpc) is 3.20. The Labute approximate surface area is 165 Å². The normalized spacial score (nSPS) is 17.0. The highest BCUT2D eigenvalue weighted by atomic mass is 32.2. The van der Waals surface area contributed by atoms with Crippen LogP contribution in [0.25, 0.3) is 0 Å². The molecule has 1 atom stereocenters. The molecule has 0 fully saturated rings. The molecule has 1 aromatic heterocycles. The third-order valence-electron chi connectivity index (χ3n) is 4.73. The molecule has 1 heterocycles. The smallest absolute Gasteiger partial charge is 0.321 e. The van der Waals surface area contributed by atoms with Crippen molar-refractivity contribution in [3.8, 4) is 0 Å². The van der Waals surface area contributed by atoms with Gasteiger partial charge in [-0.1, -0.05) is 29.8 Å². The number of ether oxygens (including phenoxy) is 1. The van der Waals surface area contributed by atoms with Crippen LogP contribution in [0.4, 0.5) is 0 Å². The molecular weight excluding hydrogens is 378 g/mol. The van der Waals surface area contributed by atoms with Crippen LogP contribution < -0.4 is 0 Å². The number of hydrogen-bond donors (Lipinski definition) is 0. The summed E-state index contributed by atoms with van der Waals surface area (Å²) >= 11 is 0. The van der Waals surface area contributed by atoms with Gasteiger partial charge in [0.25, 0.3) is 0 Å². The van der Waals surface area contributed by atoms with Gasteiger partial charge in [0, 0.05) is 0 Å². The van der Waals surface area contributed by atoms with Crippen molar-refractivity contribution < 1.29 is 22.4 Å². The summed E-state index contributed by atoms with van der Waals surface area (Å²) in [4.78, 5) is 12.5. The summed E-state index contributed by atoms with van der Waals surface area (Å²) in [6, 6.07) is 9.90. The van der Waals surface area contributed by atoms with Gasteiger partial charge in [-0.15, -0.1) is 0 Å². The first-order chi connectivity index (χ1) is 13.4. The van der Waals surface area contributed by atoms with Gasteiger partial charge >= 0.3 is 5.97 Å². The minimum absolute atomic E-state index is 0.0372. The van der Waals surface area contributed by atoms with E-state index in [9.17, 15) is 13.2 Å². The van der Waals surface area contributed by atoms with E-state index in [0.717, 1.165) is 29.1 Å². The molecule has 1 unspecified atom stereocenters. The predicted octanol–water partition coefficient (Wildman–Crippen LogP) is 3.68. The number of carbonyl (C=O) groups is 1. The van der Waals surface area contributed by atoms with Crippen LogP contribution in [-0.2, 0) is 26.1 Å². The third-order valence-corrected chi connectivity index (χ3v) is 6.54. The lowest BCUT2D eigenvalue weighted by Crippen LogP contribution is -2.36. The zero-order chi connectivity index (χ0) is 20.0. The number of benzene rings is 1. The van der Waals surface area contributed by atoms with Crippen molar-refractivity contribution in [2.75, 3.05) is 13.2 Å². The van der Waals surface area contributed by atoms with E-state index in [1.54, 1.807) is 36.4 Å². The van der Waals surface area contributed by atoms with E-state index in [1.807, 2.05) is 6.92 Å². The van der Waals surface area contributed by atoms with Crippen molar-refractivity contribution >= 4 is 16.0 Å². The maximum absolute atomic E-state index is 13.1. The molecule has 0 saturated heterocycles. The lowest BCUT2D eigenvalue weighted by Gasteiger charge is -2.22. The molecule has 1 aliphatic rings. The number of furan rings is 1. The Bertz CT molecular complexity index is 901. The van der Waals surface area contributed by atoms with E-state index in [2.05, 4.69) is 12.2 Å². The molecule has 0 saturated carbocycles. The highest BCUT2D eigenvalue weighted by Gasteiger charge is 2.28. The monoisotopic (exact) mass is 403 g/mol. The molecule has 2 aromatic rings. The summed E-state index contributed by atoms with van der Waals surface area (Å²) in [5, 5.41) is 0. The van der Waals surface area contributed by atoms with E-state index < -0.39 is 16.0 Å². The number of hydrogen-bond acceptors (Lipinski definition) is 5. The van der Waals surface area contributed by atoms with Gasteiger partial charge in [0.2, 0.25) is 10.0 Å². The van der Waals surface area contributed by atoms with E-state index >= 15 is 0 Å². The Morgan fingerprint density at radius 3 is 2.64 bits per heavy atom. The molecule has 0 bridgehead atoms. The topological polar surface area (TPSA) is 76.8 Å². The maximum atomic E-state index is 13.1. The van der Waals surface area contributed by atoms with Gasteiger partial charge in [-0.05, 0) is 56.4 Å². The lowest BCUT2D eigenvalue weighted by molar-refractivity contribution is -0.145. The fraction of sp³-hybridized carbons (Fsp3) is 0.381. The second kappa shape index (κ2) is 9.21. The van der Waals surface area contributed by atoms with E-state index in [4.69, 9.17) is 9.15 Å². The average molecular weight is 404 g/mol. The number of carbonyl (C=O) groups excluding carboxylic acids is 1. The molecule has 7 heteroatoms. The Kier molecular flexibility index (Phi) is 6.70. The maximum Gasteiger partial charge on any atom is 0.321 e. The van der Waals surface area contributed by atoms with Crippen LogP contribution in [0.2, 0.25) is 0 Å². The van der Waals surface area contributed by atoms with Crippen LogP contribution in [0.1, 0.15) is 30.6 Å². The Hall–Kier alpha value is -2.38. The summed E-state index contributed by atoms with van der Waals surface area (Å²) < 4.78 is 37.9. The van der Waals surface area contributed by atoms with Crippen LogP contribution in [0, 0.1) is 12.8 Å². The Morgan fingerprint density at radius 2 is 2.00 bits per heavy atom. The Balaban J connectivity index is 1.71. The molecule has 6 nitrogen and oxygen atoms in total. The molecular formula is C21H25NO5S. The quantitative estimate of drug-likeness (QED) is 0.496. The molecule has 0 N–H and O–H groups in total. The minimum Gasteiger partial charge on any atom is -0.468 e. The van der Waals surface area contributed by atoms with Crippen LogP contribution >= 0.6 is 0 Å². The van der Waals surface area contributed by atoms with Crippen molar-refractivity contribution in [3.63, 3.8) is 0 Å². The molecule has 3 rings (SSSR count). The fourth-order valence-corrected chi connectivity index (χ4v) is 4.42. The second-order valence-corrected chi connectivity index (χ2v) is 8.94. The number of aryl methyl sites for hydroxylation is 1. The van der Waals surface area contributed by atoms with Gasteiger partial charge in [-0.2, -0.15) is 4.31 Å². The molecule has 0 amide bonds. The first kappa shape index (κ1) is 20.4. The summed E-state index contributed by atoms with van der Waals surface area (Å²) in [5.74, 6) is 0.193. The van der Waals surface area contributed by atoms with Crippen molar-refractivity contribution in [3.05, 3.63) is 66.1 Å². The summed E-state index contributed by atoms with van der Waals surface area (Å²) in [5.41, 5.74) is 0.956. The van der Waals surface area contributed by atoms with Crippen molar-refractivity contribution in [1.29, 1.82) is 0 Å². The van der Waals surface area contributed by atoms with Crippen LogP contribution in [0.15, 0.2) is 64.1 Å². The summed E-state index contributed by atoms with van der Waals surface area (Å²) in [6.45, 7) is 1.79. The highest BCUT2D eigenvalue weighted by Crippen LogP contribution is 2.21. The van der Waals surface area contributed by atoms with Crippen molar-refractivity contribution in [2.24, 2.45) is 5.92 Å². The van der Waals surface area contributed by atoms with Crippen LogP contribution in [-0.4, -0.2) is 31.8 Å². The number of rotatable bonds is 8. The molecule has 0 radical (unpaired) electrons. The van der Waals surface area contributed by atoms with Gasteiger partial charge in [-0.3, -0.25) is 4.79 Å². The summed E-state index contributed by atoms with van der Waals surface area (Å²) in [7, 11) is -3.87. The molecule has 150 valence electrons. The minimum atomic E-state index is -3.87. The Morgan fingerprint density at radius 1 is 1.21 bits per heavy atom. The van der Waals surface area contributed by atoms with Crippen LogP contribution in [0.5, 0.6) is 0 Å². The first-order valence-corrected chi connectivity index (χ1v) is 10.8. The zero-order valence-electron chi connectivity index (χ0n) is 15.9. The highest BCUT2D eigenvalue weighted by molar-refractivity contribution is 7.89. The number of sulfonamides is 1. The fourth-order valence-electron chi connectivity index (χ4n) is 3.07. The lowest BCUT2D eigenvalue weighted by atomic mass is 9.95. The number of allylic oxidation sites excluding steroid dienone is 2. The number of nitrogens with zero attached hydrogens (tertiary/aromatic N) is 1. The van der Waals surface area contributed by atoms with E-state index in [1.165, 1.54) is 6.26 Å². The first-order valence-electron chi connectivity index (χ1n) is 9.35. The van der Waals surface area contributed by atoms with Gasteiger partial charge in [-0.25, -0.2) is 8.42 Å². The second-order valence-electron chi connectivity index (χ2n) is 7.00.